The molecule has 1 heterocycles. The lowest BCUT2D eigenvalue weighted by molar-refractivity contribution is 0.0979. The monoisotopic (exact) mass is 478 g/mol. The molecule has 2 N–H and O–H groups in total. The van der Waals surface area contributed by atoms with Crippen LogP contribution >= 0.6 is 11.6 Å². The van der Waals surface area contributed by atoms with Crippen LogP contribution in [-0.4, -0.2) is 22.5 Å². The molecule has 5 aromatic rings. The van der Waals surface area contributed by atoms with Crippen molar-refractivity contribution in [3.63, 3.8) is 0 Å². The number of pyridine rings is 1. The Morgan fingerprint density at radius 2 is 1.37 bits per heavy atom. The zero-order valence-electron chi connectivity index (χ0n) is 18.0. The molecule has 0 fully saturated rings. The van der Waals surface area contributed by atoms with Gasteiger partial charge >= 0.3 is 0 Å². The molecule has 0 aliphatic heterocycles. The zero-order valence-corrected chi connectivity index (χ0v) is 18.8. The van der Waals surface area contributed by atoms with Gasteiger partial charge < -0.3 is 10.3 Å². The fourth-order valence-electron chi connectivity index (χ4n) is 4.61. The van der Waals surface area contributed by atoms with Gasteiger partial charge in [0.15, 0.2) is 17.0 Å². The number of amides is 1. The van der Waals surface area contributed by atoms with E-state index in [1.54, 1.807) is 72.8 Å². The molecule has 168 valence electrons. The maximum atomic E-state index is 13.7. The molecule has 0 atom stereocenters. The van der Waals surface area contributed by atoms with Crippen molar-refractivity contribution in [2.75, 3.05) is 5.32 Å². The van der Waals surface area contributed by atoms with E-state index >= 15 is 0 Å². The van der Waals surface area contributed by atoms with Gasteiger partial charge in [0.2, 0.25) is 0 Å². The van der Waals surface area contributed by atoms with Crippen molar-refractivity contribution >= 4 is 56.6 Å². The fraction of sp³-hybridized carbons (Fsp3) is 0. The third-order valence-electron chi connectivity index (χ3n) is 6.24. The van der Waals surface area contributed by atoms with E-state index in [0.717, 1.165) is 0 Å². The Labute approximate surface area is 203 Å². The normalized spacial score (nSPS) is 12.5. The van der Waals surface area contributed by atoms with Crippen LogP contribution in [0.1, 0.15) is 42.2 Å². The first-order chi connectivity index (χ1) is 17.0. The van der Waals surface area contributed by atoms with E-state index in [2.05, 4.69) is 10.3 Å². The average Bonchev–Trinajstić information content (AvgIpc) is 2.87. The smallest absolute Gasteiger partial charge is 0.257 e. The fourth-order valence-corrected chi connectivity index (χ4v) is 4.83. The van der Waals surface area contributed by atoms with Crippen LogP contribution in [0.3, 0.4) is 0 Å². The molecule has 1 aromatic heterocycles. The summed E-state index contributed by atoms with van der Waals surface area (Å²) in [6.45, 7) is 0. The first kappa shape index (κ1) is 21.0. The molecule has 6 nitrogen and oxygen atoms in total. The Morgan fingerprint density at radius 3 is 2.11 bits per heavy atom. The molecule has 4 aromatic carbocycles. The number of halogens is 1. The van der Waals surface area contributed by atoms with Crippen LogP contribution in [-0.2, 0) is 0 Å². The number of rotatable bonds is 2. The molecule has 7 heteroatoms. The molecule has 0 radical (unpaired) electrons. The van der Waals surface area contributed by atoms with Gasteiger partial charge in [0.1, 0.15) is 0 Å². The molecular formula is C28H15ClN2O4. The first-order valence-electron chi connectivity index (χ1n) is 10.8. The van der Waals surface area contributed by atoms with Gasteiger partial charge in [0, 0.05) is 27.4 Å². The van der Waals surface area contributed by atoms with Crippen LogP contribution in [0.2, 0.25) is 5.02 Å². The molecule has 0 unspecified atom stereocenters. The number of nitrogens with one attached hydrogen (secondary N) is 2. The number of para-hydroxylation sites is 1. The van der Waals surface area contributed by atoms with E-state index in [4.69, 9.17) is 11.6 Å². The minimum absolute atomic E-state index is 0.0348. The lowest BCUT2D eigenvalue weighted by atomic mass is 9.81. The Morgan fingerprint density at radius 1 is 0.743 bits per heavy atom. The van der Waals surface area contributed by atoms with Crippen molar-refractivity contribution in [1.82, 2.24) is 4.98 Å². The van der Waals surface area contributed by atoms with Crippen molar-refractivity contribution in [1.29, 1.82) is 0 Å². The largest absolute Gasteiger partial charge is 0.354 e. The maximum Gasteiger partial charge on any atom is 0.257 e. The van der Waals surface area contributed by atoms with Gasteiger partial charge in [-0.05, 0) is 30.3 Å². The number of carbonyl (C=O) groups excluding carboxylic acids is 3. The summed E-state index contributed by atoms with van der Waals surface area (Å²) < 4.78 is 0. The zero-order chi connectivity index (χ0) is 24.3. The van der Waals surface area contributed by atoms with Crippen LogP contribution < -0.4 is 10.7 Å². The molecule has 0 spiro atoms. The highest BCUT2D eigenvalue weighted by molar-refractivity contribution is 6.36. The number of hydrogen-bond acceptors (Lipinski definition) is 4. The number of carbonyl (C=O) groups is 3. The second-order valence-corrected chi connectivity index (χ2v) is 8.64. The molecule has 6 rings (SSSR count). The number of fused-ring (bicyclic) bond motifs is 5. The van der Waals surface area contributed by atoms with Crippen LogP contribution in [0.5, 0.6) is 0 Å². The molecule has 0 saturated heterocycles. The van der Waals surface area contributed by atoms with Gasteiger partial charge in [-0.1, -0.05) is 60.1 Å². The SMILES string of the molecule is O=C(Nc1cc2c(=O)c3ccccc3[nH]c2c2c1C(=O)c1ccccc1C2=O)c1ccccc1Cl. The average molecular weight is 479 g/mol. The molecule has 1 aliphatic carbocycles. The van der Waals surface area contributed by atoms with E-state index in [9.17, 15) is 19.2 Å². The summed E-state index contributed by atoms with van der Waals surface area (Å²) in [4.78, 5) is 57.0. The maximum absolute atomic E-state index is 13.7. The molecule has 0 saturated carbocycles. The summed E-state index contributed by atoms with van der Waals surface area (Å²) in [5.41, 5.74) is 1.33. The second kappa shape index (κ2) is 7.75. The van der Waals surface area contributed by atoms with Gasteiger partial charge in [0.25, 0.3) is 5.91 Å². The summed E-state index contributed by atoms with van der Waals surface area (Å²) >= 11 is 6.20. The Bertz CT molecular complexity index is 1820. The predicted octanol–water partition coefficient (Wildman–Crippen LogP) is 5.36. The predicted molar refractivity (Wildman–Crippen MR) is 135 cm³/mol. The minimum Gasteiger partial charge on any atom is -0.354 e. The Balaban J connectivity index is 1.68. The van der Waals surface area contributed by atoms with Gasteiger partial charge in [-0.25, -0.2) is 0 Å². The lowest BCUT2D eigenvalue weighted by Gasteiger charge is -2.22. The number of ketones is 2. The van der Waals surface area contributed by atoms with Crippen molar-refractivity contribution in [2.45, 2.75) is 0 Å². The van der Waals surface area contributed by atoms with Crippen LogP contribution in [0.25, 0.3) is 21.8 Å². The molecular weight excluding hydrogens is 464 g/mol. The van der Waals surface area contributed by atoms with Gasteiger partial charge in [0.05, 0.1) is 32.9 Å². The van der Waals surface area contributed by atoms with E-state index in [1.165, 1.54) is 6.07 Å². The molecule has 35 heavy (non-hydrogen) atoms. The Kier molecular flexibility index (Phi) is 4.65. The Hall–Kier alpha value is -4.55. The summed E-state index contributed by atoms with van der Waals surface area (Å²) in [5.74, 6) is -1.38. The lowest BCUT2D eigenvalue weighted by Crippen LogP contribution is -2.25. The van der Waals surface area contributed by atoms with Crippen molar-refractivity contribution in [3.8, 4) is 0 Å². The second-order valence-electron chi connectivity index (χ2n) is 8.23. The minimum atomic E-state index is -0.562. The van der Waals surface area contributed by atoms with Crippen LogP contribution in [0, 0.1) is 0 Å². The van der Waals surface area contributed by atoms with E-state index < -0.39 is 17.5 Å². The highest BCUT2D eigenvalue weighted by Crippen LogP contribution is 2.37. The number of aromatic amines is 1. The molecule has 0 bridgehead atoms. The van der Waals surface area contributed by atoms with E-state index in [0.29, 0.717) is 10.9 Å². The standard InChI is InChI=1S/C28H15ClN2O4/c29-19-11-5-3-9-16(19)28(35)31-21-13-18-24(30-20-12-6-4-10-17(20)25(18)32)23-22(21)26(33)14-7-1-2-8-15(14)27(23)34/h1-13H,(H,30,32)(H,31,35). The van der Waals surface area contributed by atoms with Crippen molar-refractivity contribution in [2.24, 2.45) is 0 Å². The summed E-state index contributed by atoms with van der Waals surface area (Å²) in [6.07, 6.45) is 0. The highest BCUT2D eigenvalue weighted by atomic mass is 35.5. The number of H-pyrrole nitrogens is 1. The topological polar surface area (TPSA) is 96.1 Å². The first-order valence-corrected chi connectivity index (χ1v) is 11.2. The van der Waals surface area contributed by atoms with Crippen molar-refractivity contribution < 1.29 is 14.4 Å². The van der Waals surface area contributed by atoms with E-state index in [1.807, 2.05) is 0 Å². The highest BCUT2D eigenvalue weighted by Gasteiger charge is 2.35. The van der Waals surface area contributed by atoms with Gasteiger partial charge in [-0.2, -0.15) is 0 Å². The number of hydrogen-bond donors (Lipinski definition) is 2. The third-order valence-corrected chi connectivity index (χ3v) is 6.57. The van der Waals surface area contributed by atoms with Crippen molar-refractivity contribution in [3.05, 3.63) is 122 Å². The van der Waals surface area contributed by atoms with Gasteiger partial charge in [-0.15, -0.1) is 0 Å². The van der Waals surface area contributed by atoms with Gasteiger partial charge in [-0.3, -0.25) is 19.2 Å². The van der Waals surface area contributed by atoms with Crippen LogP contribution in [0.4, 0.5) is 5.69 Å². The van der Waals surface area contributed by atoms with Crippen LogP contribution in [0.15, 0.2) is 83.7 Å². The summed E-state index contributed by atoms with van der Waals surface area (Å²) in [6, 6.07) is 21.4. The number of anilines is 1. The molecule has 1 amide bonds. The number of aromatic nitrogens is 1. The summed E-state index contributed by atoms with van der Waals surface area (Å²) in [7, 11) is 0. The number of benzene rings is 4. The summed E-state index contributed by atoms with van der Waals surface area (Å²) in [5, 5.41) is 3.58. The quantitative estimate of drug-likeness (QED) is 0.327. The third kappa shape index (κ3) is 3.11. The van der Waals surface area contributed by atoms with E-state index in [-0.39, 0.29) is 54.9 Å². The molecule has 1 aliphatic rings.